The Morgan fingerprint density at radius 2 is 2.56 bits per heavy atom. The quantitative estimate of drug-likeness (QED) is 0.716. The molecule has 1 unspecified atom stereocenters. The molecule has 88 valence electrons. The van der Waals surface area contributed by atoms with Gasteiger partial charge >= 0.3 is 0 Å². The van der Waals surface area contributed by atoms with Gasteiger partial charge < -0.3 is 10.6 Å². The lowest BCUT2D eigenvalue weighted by Gasteiger charge is -2.08. The lowest BCUT2D eigenvalue weighted by Crippen LogP contribution is -2.29. The van der Waals surface area contributed by atoms with Gasteiger partial charge in [0.2, 0.25) is 5.91 Å². The number of hydrogen-bond acceptors (Lipinski definition) is 4. The summed E-state index contributed by atoms with van der Waals surface area (Å²) in [7, 11) is 0. The summed E-state index contributed by atoms with van der Waals surface area (Å²) in [4.78, 5) is 11.0. The van der Waals surface area contributed by atoms with Crippen molar-refractivity contribution in [1.82, 2.24) is 25.6 Å². The summed E-state index contributed by atoms with van der Waals surface area (Å²) >= 11 is 0. The first-order valence-electron chi connectivity index (χ1n) is 5.67. The molecule has 1 saturated heterocycles. The maximum atomic E-state index is 11.0. The molecule has 1 amide bonds. The second-order valence-electron chi connectivity index (χ2n) is 4.02. The van der Waals surface area contributed by atoms with Crippen LogP contribution in [0.25, 0.3) is 0 Å². The molecule has 6 nitrogen and oxygen atoms in total. The van der Waals surface area contributed by atoms with Crippen LogP contribution in [0.15, 0.2) is 6.20 Å². The Morgan fingerprint density at radius 1 is 1.69 bits per heavy atom. The van der Waals surface area contributed by atoms with E-state index in [0.717, 1.165) is 25.2 Å². The van der Waals surface area contributed by atoms with Crippen LogP contribution in [0, 0.1) is 0 Å². The molecule has 1 aromatic rings. The van der Waals surface area contributed by atoms with Crippen LogP contribution in [0.2, 0.25) is 0 Å². The molecule has 6 heteroatoms. The molecule has 0 saturated carbocycles. The van der Waals surface area contributed by atoms with Crippen molar-refractivity contribution in [3.05, 3.63) is 11.9 Å². The lowest BCUT2D eigenvalue weighted by atomic mass is 10.2. The predicted octanol–water partition coefficient (Wildman–Crippen LogP) is -0.334. The first kappa shape index (κ1) is 11.1. The van der Waals surface area contributed by atoms with Crippen LogP contribution in [-0.2, 0) is 17.9 Å². The number of carbonyl (C=O) groups is 1. The van der Waals surface area contributed by atoms with Crippen LogP contribution in [0.5, 0.6) is 0 Å². The number of rotatable bonds is 5. The lowest BCUT2D eigenvalue weighted by molar-refractivity contribution is -0.119. The molecule has 16 heavy (non-hydrogen) atoms. The van der Waals surface area contributed by atoms with Gasteiger partial charge in [-0.1, -0.05) is 12.1 Å². The van der Waals surface area contributed by atoms with Crippen LogP contribution in [-0.4, -0.2) is 33.5 Å². The molecule has 0 aromatic carbocycles. The molecular formula is C10H17N5O. The van der Waals surface area contributed by atoms with Crippen molar-refractivity contribution < 1.29 is 4.79 Å². The Morgan fingerprint density at radius 3 is 3.25 bits per heavy atom. The zero-order valence-corrected chi connectivity index (χ0v) is 9.44. The standard InChI is InChI=1S/C10H17N5O/c1-2-11-5-9-7-15(14-13-9)6-8-3-4-10(16)12-8/h7-8,11H,2-6H2,1H3,(H,12,16). The smallest absolute Gasteiger partial charge is 0.220 e. The van der Waals surface area contributed by atoms with Crippen molar-refractivity contribution in [2.24, 2.45) is 0 Å². The highest BCUT2D eigenvalue weighted by Crippen LogP contribution is 2.08. The zero-order valence-electron chi connectivity index (χ0n) is 9.44. The number of amides is 1. The predicted molar refractivity (Wildman–Crippen MR) is 58.6 cm³/mol. The van der Waals surface area contributed by atoms with Gasteiger partial charge in [0.15, 0.2) is 0 Å². The van der Waals surface area contributed by atoms with E-state index in [1.165, 1.54) is 0 Å². The molecular weight excluding hydrogens is 206 g/mol. The molecule has 1 atom stereocenters. The van der Waals surface area contributed by atoms with Crippen molar-refractivity contribution in [2.75, 3.05) is 6.54 Å². The van der Waals surface area contributed by atoms with Crippen molar-refractivity contribution in [3.8, 4) is 0 Å². The van der Waals surface area contributed by atoms with Gasteiger partial charge in [-0.25, -0.2) is 0 Å². The van der Waals surface area contributed by atoms with Gasteiger partial charge in [-0.05, 0) is 13.0 Å². The van der Waals surface area contributed by atoms with E-state index in [9.17, 15) is 4.79 Å². The molecule has 2 rings (SSSR count). The van der Waals surface area contributed by atoms with Gasteiger partial charge in [-0.15, -0.1) is 5.10 Å². The third-order valence-corrected chi connectivity index (χ3v) is 2.63. The van der Waals surface area contributed by atoms with Crippen LogP contribution < -0.4 is 10.6 Å². The molecule has 0 aliphatic carbocycles. The highest BCUT2D eigenvalue weighted by molar-refractivity contribution is 5.78. The van der Waals surface area contributed by atoms with E-state index in [1.54, 1.807) is 4.68 Å². The summed E-state index contributed by atoms with van der Waals surface area (Å²) < 4.78 is 1.79. The third kappa shape index (κ3) is 2.79. The average molecular weight is 223 g/mol. The van der Waals surface area contributed by atoms with E-state index in [0.29, 0.717) is 13.0 Å². The van der Waals surface area contributed by atoms with Gasteiger partial charge in [0.05, 0.1) is 12.2 Å². The van der Waals surface area contributed by atoms with Crippen molar-refractivity contribution in [3.63, 3.8) is 0 Å². The average Bonchev–Trinajstić information content (AvgIpc) is 2.86. The Balaban J connectivity index is 1.85. The van der Waals surface area contributed by atoms with E-state index in [-0.39, 0.29) is 11.9 Å². The normalized spacial score (nSPS) is 20.1. The van der Waals surface area contributed by atoms with Crippen molar-refractivity contribution >= 4 is 5.91 Å². The fourth-order valence-electron chi connectivity index (χ4n) is 1.80. The Kier molecular flexibility index (Phi) is 3.51. The zero-order chi connectivity index (χ0) is 11.4. The first-order chi connectivity index (χ1) is 7.78. The molecule has 1 aromatic heterocycles. The highest BCUT2D eigenvalue weighted by Gasteiger charge is 2.21. The molecule has 0 bridgehead atoms. The Hall–Kier alpha value is -1.43. The minimum absolute atomic E-state index is 0.137. The molecule has 2 heterocycles. The van der Waals surface area contributed by atoms with Crippen molar-refractivity contribution in [1.29, 1.82) is 0 Å². The largest absolute Gasteiger partial charge is 0.351 e. The highest BCUT2D eigenvalue weighted by atomic mass is 16.1. The van der Waals surface area contributed by atoms with E-state index < -0.39 is 0 Å². The Bertz CT molecular complexity index is 362. The number of carbonyl (C=O) groups excluding carboxylic acids is 1. The van der Waals surface area contributed by atoms with Crippen LogP contribution in [0.3, 0.4) is 0 Å². The summed E-state index contributed by atoms with van der Waals surface area (Å²) in [6.45, 7) is 4.43. The maximum absolute atomic E-state index is 11.0. The number of nitrogens with one attached hydrogen (secondary N) is 2. The summed E-state index contributed by atoms with van der Waals surface area (Å²) in [6, 6.07) is 0.209. The molecule has 0 radical (unpaired) electrons. The van der Waals surface area contributed by atoms with Gasteiger partial charge in [0.1, 0.15) is 0 Å². The maximum Gasteiger partial charge on any atom is 0.220 e. The molecule has 2 N–H and O–H groups in total. The first-order valence-corrected chi connectivity index (χ1v) is 5.67. The summed E-state index contributed by atoms with van der Waals surface area (Å²) in [5.41, 5.74) is 0.936. The summed E-state index contributed by atoms with van der Waals surface area (Å²) in [5, 5.41) is 14.2. The minimum atomic E-state index is 0.137. The topological polar surface area (TPSA) is 71.8 Å². The third-order valence-electron chi connectivity index (χ3n) is 2.63. The van der Waals surface area contributed by atoms with Crippen LogP contribution in [0.1, 0.15) is 25.5 Å². The van der Waals surface area contributed by atoms with Crippen molar-refractivity contribution in [2.45, 2.75) is 38.9 Å². The van der Waals surface area contributed by atoms with E-state index >= 15 is 0 Å². The van der Waals surface area contributed by atoms with Gasteiger partial charge in [-0.2, -0.15) is 0 Å². The molecule has 1 aliphatic heterocycles. The van der Waals surface area contributed by atoms with Crippen LogP contribution >= 0.6 is 0 Å². The number of aromatic nitrogens is 3. The fourth-order valence-corrected chi connectivity index (χ4v) is 1.80. The monoisotopic (exact) mass is 223 g/mol. The minimum Gasteiger partial charge on any atom is -0.351 e. The van der Waals surface area contributed by atoms with Gasteiger partial charge in [0, 0.05) is 25.2 Å². The summed E-state index contributed by atoms with van der Waals surface area (Å²) in [5.74, 6) is 0.137. The number of hydrogen-bond donors (Lipinski definition) is 2. The van der Waals surface area contributed by atoms with E-state index in [4.69, 9.17) is 0 Å². The second-order valence-corrected chi connectivity index (χ2v) is 4.02. The van der Waals surface area contributed by atoms with E-state index in [2.05, 4.69) is 27.9 Å². The molecule has 1 aliphatic rings. The molecule has 1 fully saturated rings. The van der Waals surface area contributed by atoms with Gasteiger partial charge in [-0.3, -0.25) is 9.48 Å². The SMILES string of the molecule is CCNCc1cn(CC2CCC(=O)N2)nn1. The second kappa shape index (κ2) is 5.07. The fraction of sp³-hybridized carbons (Fsp3) is 0.700. The van der Waals surface area contributed by atoms with Crippen LogP contribution in [0.4, 0.5) is 0 Å². The molecule has 0 spiro atoms. The Labute approximate surface area is 94.4 Å². The van der Waals surface area contributed by atoms with E-state index in [1.807, 2.05) is 6.20 Å². The van der Waals surface area contributed by atoms with Gasteiger partial charge in [0.25, 0.3) is 0 Å². The summed E-state index contributed by atoms with van der Waals surface area (Å²) in [6.07, 6.45) is 3.44. The number of nitrogens with zero attached hydrogens (tertiary/aromatic N) is 3.